The molecule has 30 heavy (non-hydrogen) atoms. The van der Waals surface area contributed by atoms with E-state index in [4.69, 9.17) is 0 Å². The molecule has 0 aliphatic heterocycles. The second-order valence-corrected chi connectivity index (χ2v) is 7.76. The van der Waals surface area contributed by atoms with Gasteiger partial charge < -0.3 is 10.6 Å². The van der Waals surface area contributed by atoms with Gasteiger partial charge in [0.2, 0.25) is 0 Å². The highest BCUT2D eigenvalue weighted by molar-refractivity contribution is 7.99. The van der Waals surface area contributed by atoms with Crippen LogP contribution in [0.3, 0.4) is 0 Å². The van der Waals surface area contributed by atoms with Crippen LogP contribution in [0.4, 0.5) is 11.4 Å². The summed E-state index contributed by atoms with van der Waals surface area (Å²) in [6.45, 7) is 3.98. The molecule has 1 amide bonds. The zero-order chi connectivity index (χ0) is 21.3. The Kier molecular flexibility index (Phi) is 7.31. The second-order valence-electron chi connectivity index (χ2n) is 6.64. The molecule has 0 saturated carbocycles. The molecule has 0 radical (unpaired) electrons. The number of anilines is 2. The minimum atomic E-state index is -0.429. The van der Waals surface area contributed by atoms with E-state index in [9.17, 15) is 10.1 Å². The van der Waals surface area contributed by atoms with Crippen molar-refractivity contribution < 1.29 is 4.79 Å². The third-order valence-electron chi connectivity index (χ3n) is 4.57. The predicted octanol–water partition coefficient (Wildman–Crippen LogP) is 6.17. The number of aryl methyl sites for hydroxylation is 2. The first-order valence-corrected chi connectivity index (χ1v) is 10.5. The van der Waals surface area contributed by atoms with Gasteiger partial charge >= 0.3 is 0 Å². The SMILES string of the molecule is CCc1cccc(C)c1NC(=O)/C(C#N)=C\Nc1ccccc1Sc1ccccc1. The van der Waals surface area contributed by atoms with Gasteiger partial charge in [0.25, 0.3) is 5.91 Å². The van der Waals surface area contributed by atoms with E-state index in [-0.39, 0.29) is 5.57 Å². The van der Waals surface area contributed by atoms with E-state index in [1.165, 1.54) is 6.20 Å². The second kappa shape index (κ2) is 10.3. The minimum Gasteiger partial charge on any atom is -0.359 e. The molecule has 2 N–H and O–H groups in total. The van der Waals surface area contributed by atoms with Crippen LogP contribution < -0.4 is 10.6 Å². The average Bonchev–Trinajstić information content (AvgIpc) is 2.77. The molecule has 0 unspecified atom stereocenters. The van der Waals surface area contributed by atoms with E-state index in [2.05, 4.69) is 10.6 Å². The van der Waals surface area contributed by atoms with Crippen molar-refractivity contribution in [1.29, 1.82) is 5.26 Å². The topological polar surface area (TPSA) is 64.9 Å². The smallest absolute Gasteiger partial charge is 0.267 e. The Morgan fingerprint density at radius 2 is 1.77 bits per heavy atom. The van der Waals surface area contributed by atoms with Gasteiger partial charge in [-0.1, -0.05) is 67.2 Å². The first-order chi connectivity index (χ1) is 14.6. The van der Waals surface area contributed by atoms with Gasteiger partial charge in [0.15, 0.2) is 0 Å². The van der Waals surface area contributed by atoms with Gasteiger partial charge in [0.1, 0.15) is 11.6 Å². The number of nitriles is 1. The number of nitrogens with zero attached hydrogens (tertiary/aromatic N) is 1. The minimum absolute atomic E-state index is 0.0137. The van der Waals surface area contributed by atoms with Gasteiger partial charge in [-0.05, 0) is 48.7 Å². The fourth-order valence-corrected chi connectivity index (χ4v) is 3.90. The molecule has 0 bridgehead atoms. The van der Waals surface area contributed by atoms with E-state index in [1.807, 2.05) is 92.7 Å². The number of carbonyl (C=O) groups is 1. The third-order valence-corrected chi connectivity index (χ3v) is 5.66. The van der Waals surface area contributed by atoms with Crippen molar-refractivity contribution in [3.8, 4) is 6.07 Å². The lowest BCUT2D eigenvalue weighted by atomic mass is 10.1. The van der Waals surface area contributed by atoms with Crippen LogP contribution in [0.15, 0.2) is 94.4 Å². The summed E-state index contributed by atoms with van der Waals surface area (Å²) in [4.78, 5) is 14.8. The average molecular weight is 414 g/mol. The molecular weight excluding hydrogens is 390 g/mol. The van der Waals surface area contributed by atoms with Gasteiger partial charge in [-0.25, -0.2) is 0 Å². The molecule has 150 valence electrons. The van der Waals surface area contributed by atoms with Crippen molar-refractivity contribution in [2.24, 2.45) is 0 Å². The lowest BCUT2D eigenvalue weighted by molar-refractivity contribution is -0.112. The number of nitrogens with one attached hydrogen (secondary N) is 2. The van der Waals surface area contributed by atoms with Crippen LogP contribution in [0.1, 0.15) is 18.1 Å². The predicted molar refractivity (Wildman–Crippen MR) is 124 cm³/mol. The summed E-state index contributed by atoms with van der Waals surface area (Å²) in [5.41, 5.74) is 3.62. The Morgan fingerprint density at radius 1 is 1.03 bits per heavy atom. The first-order valence-electron chi connectivity index (χ1n) is 9.71. The van der Waals surface area contributed by atoms with Crippen LogP contribution in [-0.4, -0.2) is 5.91 Å². The summed E-state index contributed by atoms with van der Waals surface area (Å²) >= 11 is 1.62. The Bertz CT molecular complexity index is 1100. The van der Waals surface area contributed by atoms with Crippen molar-refractivity contribution in [2.75, 3.05) is 10.6 Å². The normalized spacial score (nSPS) is 10.9. The van der Waals surface area contributed by atoms with Crippen LogP contribution in [0, 0.1) is 18.3 Å². The quantitative estimate of drug-likeness (QED) is 0.359. The first kappa shape index (κ1) is 21.2. The summed E-state index contributed by atoms with van der Waals surface area (Å²) in [5.74, 6) is -0.429. The van der Waals surface area contributed by atoms with Crippen LogP contribution in [0.25, 0.3) is 0 Å². The van der Waals surface area contributed by atoms with Crippen molar-refractivity contribution in [2.45, 2.75) is 30.1 Å². The number of hydrogen-bond donors (Lipinski definition) is 2. The summed E-state index contributed by atoms with van der Waals surface area (Å²) < 4.78 is 0. The van der Waals surface area contributed by atoms with Gasteiger partial charge in [-0.15, -0.1) is 0 Å². The van der Waals surface area contributed by atoms with Gasteiger partial charge in [-0.2, -0.15) is 5.26 Å². The number of amides is 1. The lowest BCUT2D eigenvalue weighted by Gasteiger charge is -2.13. The molecule has 3 rings (SSSR count). The fraction of sp³-hybridized carbons (Fsp3) is 0.120. The molecule has 0 aliphatic rings. The zero-order valence-electron chi connectivity index (χ0n) is 17.0. The monoisotopic (exact) mass is 413 g/mol. The maximum absolute atomic E-state index is 12.7. The van der Waals surface area contributed by atoms with Gasteiger partial charge in [-0.3, -0.25) is 4.79 Å². The van der Waals surface area contributed by atoms with Crippen molar-refractivity contribution in [1.82, 2.24) is 0 Å². The van der Waals surface area contributed by atoms with Crippen LogP contribution in [-0.2, 0) is 11.2 Å². The Morgan fingerprint density at radius 3 is 2.50 bits per heavy atom. The molecule has 5 heteroatoms. The maximum atomic E-state index is 12.7. The lowest BCUT2D eigenvalue weighted by Crippen LogP contribution is -2.16. The van der Waals surface area contributed by atoms with E-state index < -0.39 is 5.91 Å². The molecule has 0 aromatic heterocycles. The van der Waals surface area contributed by atoms with Crippen LogP contribution >= 0.6 is 11.8 Å². The molecule has 0 heterocycles. The van der Waals surface area contributed by atoms with E-state index in [1.54, 1.807) is 11.8 Å². The highest BCUT2D eigenvalue weighted by atomic mass is 32.2. The molecule has 4 nitrogen and oxygen atoms in total. The third kappa shape index (κ3) is 5.31. The highest BCUT2D eigenvalue weighted by Gasteiger charge is 2.13. The standard InChI is InChI=1S/C25H23N3OS/c1-3-19-11-9-10-18(2)24(19)28-25(29)20(16-26)17-27-22-14-7-8-15-23(22)30-21-12-5-4-6-13-21/h4-15,17,27H,3H2,1-2H3,(H,28,29)/b20-17-. The molecular formula is C25H23N3OS. The van der Waals surface area contributed by atoms with E-state index in [0.29, 0.717) is 0 Å². The molecule has 0 saturated heterocycles. The van der Waals surface area contributed by atoms with Crippen molar-refractivity contribution in [3.05, 3.63) is 95.7 Å². The summed E-state index contributed by atoms with van der Waals surface area (Å²) in [6, 6.07) is 25.7. The van der Waals surface area contributed by atoms with E-state index in [0.717, 1.165) is 38.7 Å². The molecule has 0 aliphatic carbocycles. The van der Waals surface area contributed by atoms with Gasteiger partial charge in [0.05, 0.1) is 5.69 Å². The Balaban J connectivity index is 1.78. The highest BCUT2D eigenvalue weighted by Crippen LogP contribution is 2.33. The molecule has 0 atom stereocenters. The number of para-hydroxylation sites is 2. The van der Waals surface area contributed by atoms with Crippen molar-refractivity contribution >= 4 is 29.0 Å². The zero-order valence-corrected chi connectivity index (χ0v) is 17.8. The summed E-state index contributed by atoms with van der Waals surface area (Å²) in [6.07, 6.45) is 2.26. The molecule has 3 aromatic carbocycles. The number of rotatable bonds is 7. The molecule has 3 aromatic rings. The summed E-state index contributed by atoms with van der Waals surface area (Å²) in [5, 5.41) is 15.6. The molecule has 0 spiro atoms. The van der Waals surface area contributed by atoms with Crippen LogP contribution in [0.2, 0.25) is 0 Å². The summed E-state index contributed by atoms with van der Waals surface area (Å²) in [7, 11) is 0. The molecule has 0 fully saturated rings. The Hall–Kier alpha value is -3.49. The number of carbonyl (C=O) groups excluding carboxylic acids is 1. The van der Waals surface area contributed by atoms with E-state index >= 15 is 0 Å². The number of hydrogen-bond acceptors (Lipinski definition) is 4. The fourth-order valence-electron chi connectivity index (χ4n) is 2.97. The largest absolute Gasteiger partial charge is 0.359 e. The maximum Gasteiger partial charge on any atom is 0.267 e. The van der Waals surface area contributed by atoms with Crippen LogP contribution in [0.5, 0.6) is 0 Å². The van der Waals surface area contributed by atoms with Gasteiger partial charge in [0, 0.05) is 21.7 Å². The number of benzene rings is 3. The Labute approximate surface area is 181 Å². The van der Waals surface area contributed by atoms with Crippen molar-refractivity contribution in [3.63, 3.8) is 0 Å².